The number of guanidine groups is 1. The number of nitrogens with two attached hydrogens (primary N) is 1. The quantitative estimate of drug-likeness (QED) is 0.571. The van der Waals surface area contributed by atoms with Gasteiger partial charge in [0.1, 0.15) is 0 Å². The second-order valence-electron chi connectivity index (χ2n) is 6.61. The third kappa shape index (κ3) is 5.05. The normalized spacial score (nSPS) is 12.0. The summed E-state index contributed by atoms with van der Waals surface area (Å²) in [6.07, 6.45) is 0. The van der Waals surface area contributed by atoms with Crippen molar-refractivity contribution in [1.29, 1.82) is 0 Å². The molecule has 0 saturated heterocycles. The summed E-state index contributed by atoms with van der Waals surface area (Å²) >= 11 is 6.31. The van der Waals surface area contributed by atoms with Crippen LogP contribution in [0.25, 0.3) is 0 Å². The largest absolute Gasteiger partial charge is 0.493 e. The van der Waals surface area contributed by atoms with Crippen molar-refractivity contribution in [2.24, 2.45) is 10.7 Å². The van der Waals surface area contributed by atoms with Crippen LogP contribution in [0.5, 0.6) is 11.5 Å². The molecule has 2 aromatic carbocycles. The van der Waals surface area contributed by atoms with E-state index in [9.17, 15) is 0 Å². The van der Waals surface area contributed by atoms with Gasteiger partial charge in [-0.15, -0.1) is 0 Å². The second-order valence-corrected chi connectivity index (χ2v) is 7.02. The fourth-order valence-corrected chi connectivity index (χ4v) is 3.02. The Labute approximate surface area is 160 Å². The highest BCUT2D eigenvalue weighted by molar-refractivity contribution is 6.31. The first-order valence-corrected chi connectivity index (χ1v) is 8.75. The number of nitrogens with one attached hydrogen (secondary N) is 1. The molecule has 3 N–H and O–H groups in total. The third-order valence-electron chi connectivity index (χ3n) is 4.19. The first-order valence-electron chi connectivity index (χ1n) is 8.37. The van der Waals surface area contributed by atoms with Crippen molar-refractivity contribution >= 4 is 17.6 Å². The lowest BCUT2D eigenvalue weighted by Crippen LogP contribution is -2.40. The summed E-state index contributed by atoms with van der Waals surface area (Å²) in [5.74, 6) is 1.75. The molecular formula is C20H26ClN3O2. The lowest BCUT2D eigenvalue weighted by molar-refractivity contribution is 0.354. The highest BCUT2D eigenvalue weighted by Crippen LogP contribution is 2.29. The Bertz CT molecular complexity index is 775. The number of aliphatic imine (C=N–C) groups is 1. The Balaban J connectivity index is 1.99. The SMILES string of the molecule is COc1ccc(CN=C(N)NCC(C)(C)c2ccccc2Cl)cc1OC. The van der Waals surface area contributed by atoms with Gasteiger partial charge >= 0.3 is 0 Å². The van der Waals surface area contributed by atoms with Gasteiger partial charge in [0.2, 0.25) is 0 Å². The van der Waals surface area contributed by atoms with Crippen LogP contribution in [0.15, 0.2) is 47.5 Å². The molecule has 0 bridgehead atoms. The number of rotatable bonds is 7. The topological polar surface area (TPSA) is 68.9 Å². The molecule has 0 heterocycles. The molecule has 6 heteroatoms. The number of nitrogens with zero attached hydrogens (tertiary/aromatic N) is 1. The van der Waals surface area contributed by atoms with Crippen molar-refractivity contribution in [3.05, 3.63) is 58.6 Å². The summed E-state index contributed by atoms with van der Waals surface area (Å²) in [5.41, 5.74) is 7.90. The Morgan fingerprint density at radius 2 is 1.81 bits per heavy atom. The standard InChI is InChI=1S/C20H26ClN3O2/c1-20(2,15-7-5-6-8-16(15)21)13-24-19(22)23-12-14-9-10-17(25-3)18(11-14)26-4/h5-11H,12-13H2,1-4H3,(H3,22,23,24). The van der Waals surface area contributed by atoms with Crippen LogP contribution in [0, 0.1) is 0 Å². The predicted octanol–water partition coefficient (Wildman–Crippen LogP) is 3.74. The predicted molar refractivity (Wildman–Crippen MR) is 107 cm³/mol. The van der Waals surface area contributed by atoms with E-state index in [0.717, 1.165) is 16.1 Å². The molecule has 140 valence electrons. The second kappa shape index (κ2) is 8.81. The molecule has 0 fully saturated rings. The summed E-state index contributed by atoms with van der Waals surface area (Å²) in [7, 11) is 3.22. The van der Waals surface area contributed by atoms with Crippen molar-refractivity contribution in [1.82, 2.24) is 5.32 Å². The minimum atomic E-state index is -0.179. The Hall–Kier alpha value is -2.40. The number of ether oxygens (including phenoxy) is 2. The van der Waals surface area contributed by atoms with Crippen molar-refractivity contribution in [2.45, 2.75) is 25.8 Å². The van der Waals surface area contributed by atoms with Gasteiger partial charge < -0.3 is 20.5 Å². The van der Waals surface area contributed by atoms with Crippen LogP contribution in [0.1, 0.15) is 25.0 Å². The molecule has 0 spiro atoms. The van der Waals surface area contributed by atoms with Crippen LogP contribution in [0.2, 0.25) is 5.02 Å². The maximum atomic E-state index is 6.31. The van der Waals surface area contributed by atoms with Crippen molar-refractivity contribution in [3.8, 4) is 11.5 Å². The number of methoxy groups -OCH3 is 2. The zero-order valence-corrected chi connectivity index (χ0v) is 16.4. The minimum absolute atomic E-state index is 0.179. The molecule has 0 radical (unpaired) electrons. The molecule has 0 saturated carbocycles. The summed E-state index contributed by atoms with van der Waals surface area (Å²) in [5, 5.41) is 3.93. The van der Waals surface area contributed by atoms with Gasteiger partial charge in [-0.25, -0.2) is 4.99 Å². The summed E-state index contributed by atoms with van der Waals surface area (Å²) in [4.78, 5) is 4.40. The smallest absolute Gasteiger partial charge is 0.188 e. The Morgan fingerprint density at radius 3 is 2.46 bits per heavy atom. The zero-order chi connectivity index (χ0) is 19.2. The molecule has 5 nitrogen and oxygen atoms in total. The number of benzene rings is 2. The Morgan fingerprint density at radius 1 is 1.12 bits per heavy atom. The molecule has 0 amide bonds. The van der Waals surface area contributed by atoms with Crippen LogP contribution in [0.4, 0.5) is 0 Å². The molecule has 0 unspecified atom stereocenters. The monoisotopic (exact) mass is 375 g/mol. The molecule has 0 aliphatic rings. The summed E-state index contributed by atoms with van der Waals surface area (Å²) in [6.45, 7) is 5.30. The average molecular weight is 376 g/mol. The van der Waals surface area contributed by atoms with Gasteiger partial charge in [-0.05, 0) is 29.3 Å². The molecule has 2 aromatic rings. The maximum absolute atomic E-state index is 6.31. The molecule has 0 atom stereocenters. The van der Waals surface area contributed by atoms with Gasteiger partial charge in [0.15, 0.2) is 17.5 Å². The lowest BCUT2D eigenvalue weighted by atomic mass is 9.84. The van der Waals surface area contributed by atoms with Gasteiger partial charge in [0.05, 0.1) is 20.8 Å². The van der Waals surface area contributed by atoms with Crippen LogP contribution < -0.4 is 20.5 Å². The third-order valence-corrected chi connectivity index (χ3v) is 4.52. The van der Waals surface area contributed by atoms with E-state index in [0.29, 0.717) is 30.5 Å². The van der Waals surface area contributed by atoms with E-state index in [-0.39, 0.29) is 5.41 Å². The van der Waals surface area contributed by atoms with Crippen LogP contribution in [0.3, 0.4) is 0 Å². The van der Waals surface area contributed by atoms with Crippen molar-refractivity contribution in [2.75, 3.05) is 20.8 Å². The molecule has 2 rings (SSSR count). The van der Waals surface area contributed by atoms with E-state index in [1.807, 2.05) is 42.5 Å². The van der Waals surface area contributed by atoms with Crippen LogP contribution >= 0.6 is 11.6 Å². The fourth-order valence-electron chi connectivity index (χ4n) is 2.63. The van der Waals surface area contributed by atoms with Crippen molar-refractivity contribution in [3.63, 3.8) is 0 Å². The van der Waals surface area contributed by atoms with E-state index >= 15 is 0 Å². The van der Waals surface area contributed by atoms with E-state index < -0.39 is 0 Å². The van der Waals surface area contributed by atoms with E-state index in [1.54, 1.807) is 14.2 Å². The molecule has 0 aliphatic carbocycles. The minimum Gasteiger partial charge on any atom is -0.493 e. The van der Waals surface area contributed by atoms with Crippen LogP contribution in [-0.4, -0.2) is 26.7 Å². The molecule has 0 aliphatic heterocycles. The lowest BCUT2D eigenvalue weighted by Gasteiger charge is -2.27. The van der Waals surface area contributed by atoms with Gasteiger partial charge in [0.25, 0.3) is 0 Å². The van der Waals surface area contributed by atoms with Gasteiger partial charge in [-0.3, -0.25) is 0 Å². The summed E-state index contributed by atoms with van der Waals surface area (Å²) in [6, 6.07) is 13.5. The molecular weight excluding hydrogens is 350 g/mol. The Kier molecular flexibility index (Phi) is 6.75. The number of hydrogen-bond acceptors (Lipinski definition) is 3. The zero-order valence-electron chi connectivity index (χ0n) is 15.7. The van der Waals surface area contributed by atoms with E-state index in [4.69, 9.17) is 26.8 Å². The fraction of sp³-hybridized carbons (Fsp3) is 0.350. The highest BCUT2D eigenvalue weighted by Gasteiger charge is 2.23. The molecule has 0 aromatic heterocycles. The first kappa shape index (κ1) is 19.9. The van der Waals surface area contributed by atoms with Gasteiger partial charge in [-0.2, -0.15) is 0 Å². The first-order chi connectivity index (χ1) is 12.4. The van der Waals surface area contributed by atoms with E-state index in [1.165, 1.54) is 0 Å². The molecule has 26 heavy (non-hydrogen) atoms. The van der Waals surface area contributed by atoms with Crippen LogP contribution in [-0.2, 0) is 12.0 Å². The highest BCUT2D eigenvalue weighted by atomic mass is 35.5. The number of hydrogen-bond donors (Lipinski definition) is 2. The maximum Gasteiger partial charge on any atom is 0.188 e. The van der Waals surface area contributed by atoms with E-state index in [2.05, 4.69) is 24.2 Å². The summed E-state index contributed by atoms with van der Waals surface area (Å²) < 4.78 is 10.5. The van der Waals surface area contributed by atoms with Crippen molar-refractivity contribution < 1.29 is 9.47 Å². The van der Waals surface area contributed by atoms with Gasteiger partial charge in [-0.1, -0.05) is 49.7 Å². The average Bonchev–Trinajstić information content (AvgIpc) is 2.64. The number of halogens is 1. The van der Waals surface area contributed by atoms with Gasteiger partial charge in [0, 0.05) is 17.0 Å².